The molecule has 2 aromatic rings. The van der Waals surface area contributed by atoms with E-state index in [0.29, 0.717) is 10.0 Å². The van der Waals surface area contributed by atoms with E-state index < -0.39 is 6.04 Å². The van der Waals surface area contributed by atoms with E-state index in [0.717, 1.165) is 5.56 Å². The number of rotatable bonds is 2. The molecule has 2 nitrogen and oxygen atoms in total. The molecule has 15 heavy (non-hydrogen) atoms. The highest BCUT2D eigenvalue weighted by molar-refractivity contribution is 9.10. The molecule has 0 fully saturated rings. The van der Waals surface area contributed by atoms with Crippen molar-refractivity contribution in [2.45, 2.75) is 6.04 Å². The summed E-state index contributed by atoms with van der Waals surface area (Å²) in [5.74, 6) is -0.321. The van der Waals surface area contributed by atoms with Crippen LogP contribution in [-0.2, 0) is 0 Å². The molecule has 0 spiro atoms. The zero-order valence-corrected chi connectivity index (χ0v) is 9.37. The third-order valence-corrected chi connectivity index (χ3v) is 2.69. The average molecular weight is 270 g/mol. The molecular weight excluding hydrogens is 261 g/mol. The molecule has 2 rings (SSSR count). The van der Waals surface area contributed by atoms with Crippen LogP contribution in [0.3, 0.4) is 0 Å². The minimum atomic E-state index is -0.489. The van der Waals surface area contributed by atoms with Crippen LogP contribution in [0.4, 0.5) is 4.39 Å². The van der Waals surface area contributed by atoms with Gasteiger partial charge in [0.2, 0.25) is 0 Å². The molecule has 0 aliphatic carbocycles. The maximum atomic E-state index is 13.6. The summed E-state index contributed by atoms with van der Waals surface area (Å²) in [4.78, 5) is 0. The van der Waals surface area contributed by atoms with Gasteiger partial charge in [-0.05, 0) is 18.2 Å². The van der Waals surface area contributed by atoms with Gasteiger partial charge in [-0.1, -0.05) is 22.0 Å². The van der Waals surface area contributed by atoms with Gasteiger partial charge in [-0.25, -0.2) is 4.39 Å². The van der Waals surface area contributed by atoms with Gasteiger partial charge in [-0.2, -0.15) is 0 Å². The normalized spacial score (nSPS) is 12.7. The lowest BCUT2D eigenvalue weighted by atomic mass is 10.0. The van der Waals surface area contributed by atoms with Crippen molar-refractivity contribution >= 4 is 15.9 Å². The van der Waals surface area contributed by atoms with Gasteiger partial charge in [-0.3, -0.25) is 0 Å². The average Bonchev–Trinajstić information content (AvgIpc) is 2.69. The van der Waals surface area contributed by atoms with E-state index >= 15 is 0 Å². The lowest BCUT2D eigenvalue weighted by molar-refractivity contribution is 0.559. The molecule has 0 saturated heterocycles. The Labute approximate surface area is 95.0 Å². The summed E-state index contributed by atoms with van der Waals surface area (Å²) in [6.07, 6.45) is 3.04. The number of halogens is 2. The molecule has 1 heterocycles. The summed E-state index contributed by atoms with van der Waals surface area (Å²) >= 11 is 3.19. The van der Waals surface area contributed by atoms with Crippen molar-refractivity contribution in [2.75, 3.05) is 0 Å². The van der Waals surface area contributed by atoms with Crippen molar-refractivity contribution in [1.29, 1.82) is 0 Å². The molecule has 0 amide bonds. The highest BCUT2D eigenvalue weighted by Gasteiger charge is 2.14. The minimum Gasteiger partial charge on any atom is -0.472 e. The Morgan fingerprint density at radius 2 is 2.13 bits per heavy atom. The van der Waals surface area contributed by atoms with Crippen LogP contribution in [0.5, 0.6) is 0 Å². The Morgan fingerprint density at radius 1 is 1.33 bits per heavy atom. The van der Waals surface area contributed by atoms with Crippen molar-refractivity contribution in [3.63, 3.8) is 0 Å². The highest BCUT2D eigenvalue weighted by atomic mass is 79.9. The van der Waals surface area contributed by atoms with Crippen LogP contribution in [0, 0.1) is 5.82 Å². The van der Waals surface area contributed by atoms with E-state index in [1.54, 1.807) is 18.2 Å². The molecule has 1 aromatic carbocycles. The molecule has 0 bridgehead atoms. The predicted molar refractivity (Wildman–Crippen MR) is 58.8 cm³/mol. The minimum absolute atomic E-state index is 0.321. The van der Waals surface area contributed by atoms with Crippen molar-refractivity contribution in [1.82, 2.24) is 0 Å². The third-order valence-electron chi connectivity index (χ3n) is 2.20. The second kappa shape index (κ2) is 4.16. The SMILES string of the molecule is NC(c1ccoc1)c1ccc(Br)cc1F. The van der Waals surface area contributed by atoms with E-state index in [-0.39, 0.29) is 5.82 Å². The lowest BCUT2D eigenvalue weighted by Gasteiger charge is -2.10. The molecule has 0 saturated carbocycles. The first-order valence-corrected chi connectivity index (χ1v) is 5.20. The van der Waals surface area contributed by atoms with Crippen LogP contribution in [-0.4, -0.2) is 0 Å². The van der Waals surface area contributed by atoms with Crippen LogP contribution in [0.1, 0.15) is 17.2 Å². The fourth-order valence-electron chi connectivity index (χ4n) is 1.39. The molecule has 4 heteroatoms. The lowest BCUT2D eigenvalue weighted by Crippen LogP contribution is -2.12. The summed E-state index contributed by atoms with van der Waals surface area (Å²) in [5, 5.41) is 0. The predicted octanol–water partition coefficient (Wildman–Crippen LogP) is 3.23. The zero-order valence-electron chi connectivity index (χ0n) is 7.78. The monoisotopic (exact) mass is 269 g/mol. The Balaban J connectivity index is 2.38. The molecule has 0 aliphatic heterocycles. The van der Waals surface area contributed by atoms with Gasteiger partial charge >= 0.3 is 0 Å². The maximum absolute atomic E-state index is 13.6. The summed E-state index contributed by atoms with van der Waals surface area (Å²) < 4.78 is 19.2. The van der Waals surface area contributed by atoms with E-state index in [2.05, 4.69) is 15.9 Å². The first-order valence-electron chi connectivity index (χ1n) is 4.41. The number of hydrogen-bond donors (Lipinski definition) is 1. The van der Waals surface area contributed by atoms with E-state index in [4.69, 9.17) is 10.2 Å². The Hall–Kier alpha value is -1.13. The number of hydrogen-bond acceptors (Lipinski definition) is 2. The van der Waals surface area contributed by atoms with Crippen molar-refractivity contribution in [3.05, 3.63) is 58.2 Å². The van der Waals surface area contributed by atoms with E-state index in [9.17, 15) is 4.39 Å². The highest BCUT2D eigenvalue weighted by Crippen LogP contribution is 2.24. The molecule has 2 N–H and O–H groups in total. The summed E-state index contributed by atoms with van der Waals surface area (Å²) in [6, 6.07) is 6.06. The van der Waals surface area contributed by atoms with Crippen LogP contribution >= 0.6 is 15.9 Å². The van der Waals surface area contributed by atoms with Gasteiger partial charge < -0.3 is 10.2 Å². The maximum Gasteiger partial charge on any atom is 0.129 e. The number of benzene rings is 1. The third kappa shape index (κ3) is 2.11. The quantitative estimate of drug-likeness (QED) is 0.909. The van der Waals surface area contributed by atoms with Gasteiger partial charge in [0, 0.05) is 15.6 Å². The second-order valence-corrected chi connectivity index (χ2v) is 4.12. The molecular formula is C11H9BrFNO. The summed E-state index contributed by atoms with van der Waals surface area (Å²) in [5.41, 5.74) is 7.11. The fraction of sp³-hybridized carbons (Fsp3) is 0.0909. The first-order chi connectivity index (χ1) is 7.18. The summed E-state index contributed by atoms with van der Waals surface area (Å²) in [7, 11) is 0. The van der Waals surface area contributed by atoms with Gasteiger partial charge in [-0.15, -0.1) is 0 Å². The molecule has 0 radical (unpaired) electrons. The van der Waals surface area contributed by atoms with Gasteiger partial charge in [0.05, 0.1) is 18.6 Å². The second-order valence-electron chi connectivity index (χ2n) is 3.20. The Morgan fingerprint density at radius 3 is 2.73 bits per heavy atom. The van der Waals surface area contributed by atoms with Crippen LogP contribution in [0.15, 0.2) is 45.7 Å². The van der Waals surface area contributed by atoms with E-state index in [1.807, 2.05) is 0 Å². The largest absolute Gasteiger partial charge is 0.472 e. The van der Waals surface area contributed by atoms with Gasteiger partial charge in [0.1, 0.15) is 5.82 Å². The number of furan rings is 1. The summed E-state index contributed by atoms with van der Waals surface area (Å²) in [6.45, 7) is 0. The molecule has 0 aliphatic rings. The van der Waals surface area contributed by atoms with Crippen molar-refractivity contribution in [2.24, 2.45) is 5.73 Å². The molecule has 1 atom stereocenters. The topological polar surface area (TPSA) is 39.2 Å². The van der Waals surface area contributed by atoms with Gasteiger partial charge in [0.25, 0.3) is 0 Å². The van der Waals surface area contributed by atoms with Crippen LogP contribution < -0.4 is 5.73 Å². The molecule has 78 valence electrons. The fourth-order valence-corrected chi connectivity index (χ4v) is 1.72. The van der Waals surface area contributed by atoms with Crippen LogP contribution in [0.2, 0.25) is 0 Å². The standard InChI is InChI=1S/C11H9BrFNO/c12-8-1-2-9(10(13)5-8)11(14)7-3-4-15-6-7/h1-6,11H,14H2. The first kappa shape index (κ1) is 10.4. The Bertz CT molecular complexity index is 456. The van der Waals surface area contributed by atoms with Crippen molar-refractivity contribution in [3.8, 4) is 0 Å². The zero-order chi connectivity index (χ0) is 10.8. The Kier molecular flexibility index (Phi) is 2.88. The smallest absolute Gasteiger partial charge is 0.129 e. The van der Waals surface area contributed by atoms with Crippen LogP contribution in [0.25, 0.3) is 0 Å². The molecule has 1 aromatic heterocycles. The van der Waals surface area contributed by atoms with Gasteiger partial charge in [0.15, 0.2) is 0 Å². The van der Waals surface area contributed by atoms with Crippen molar-refractivity contribution < 1.29 is 8.81 Å². The van der Waals surface area contributed by atoms with E-state index in [1.165, 1.54) is 18.6 Å². The molecule has 1 unspecified atom stereocenters. The number of nitrogens with two attached hydrogens (primary N) is 1.